The van der Waals surface area contributed by atoms with E-state index >= 15 is 0 Å². The Morgan fingerprint density at radius 3 is 3.06 bits per heavy atom. The summed E-state index contributed by atoms with van der Waals surface area (Å²) in [5.41, 5.74) is 0. The summed E-state index contributed by atoms with van der Waals surface area (Å²) >= 11 is 7.87. The molecule has 0 spiro atoms. The fraction of sp³-hybridized carbons (Fsp3) is 0.615. The first-order valence-electron chi connectivity index (χ1n) is 6.28. The fourth-order valence-electron chi connectivity index (χ4n) is 1.84. The van der Waals surface area contributed by atoms with E-state index in [1.54, 1.807) is 18.0 Å². The van der Waals surface area contributed by atoms with E-state index in [-0.39, 0.29) is 0 Å². The summed E-state index contributed by atoms with van der Waals surface area (Å²) in [6.07, 6.45) is 5.74. The van der Waals surface area contributed by atoms with Gasteiger partial charge < -0.3 is 5.32 Å². The third-order valence-corrected chi connectivity index (χ3v) is 4.51. The van der Waals surface area contributed by atoms with Crippen LogP contribution in [0.1, 0.15) is 26.2 Å². The van der Waals surface area contributed by atoms with Crippen LogP contribution in [0.5, 0.6) is 0 Å². The average molecular weight is 271 g/mol. The molecule has 1 fully saturated rings. The van der Waals surface area contributed by atoms with Gasteiger partial charge in [0.05, 0.1) is 5.02 Å². The molecule has 1 heterocycles. The van der Waals surface area contributed by atoms with Crippen LogP contribution < -0.4 is 5.32 Å². The summed E-state index contributed by atoms with van der Waals surface area (Å²) in [5, 5.41) is 5.35. The Morgan fingerprint density at radius 1 is 1.59 bits per heavy atom. The number of nitrogens with one attached hydrogen (secondary N) is 1. The highest BCUT2D eigenvalue weighted by molar-refractivity contribution is 7.99. The van der Waals surface area contributed by atoms with E-state index in [2.05, 4.69) is 17.2 Å². The lowest BCUT2D eigenvalue weighted by Crippen LogP contribution is -2.33. The lowest BCUT2D eigenvalue weighted by molar-refractivity contribution is 0.503. The Balaban J connectivity index is 1.84. The third kappa shape index (κ3) is 4.16. The van der Waals surface area contributed by atoms with Gasteiger partial charge in [-0.15, -0.1) is 11.8 Å². The average Bonchev–Trinajstić information content (AvgIpc) is 3.15. The van der Waals surface area contributed by atoms with Crippen LogP contribution in [0.2, 0.25) is 5.02 Å². The normalized spacial score (nSPS) is 17.1. The summed E-state index contributed by atoms with van der Waals surface area (Å²) in [4.78, 5) is 4.31. The molecule has 2 rings (SSSR count). The number of hydrogen-bond donors (Lipinski definition) is 1. The molecular formula is C13H19ClN2S. The van der Waals surface area contributed by atoms with Crippen molar-refractivity contribution in [3.8, 4) is 0 Å². The van der Waals surface area contributed by atoms with E-state index in [9.17, 15) is 0 Å². The molecule has 1 aliphatic rings. The zero-order chi connectivity index (χ0) is 12.1. The highest BCUT2D eigenvalue weighted by Gasteiger charge is 2.30. The molecule has 1 atom stereocenters. The molecule has 1 unspecified atom stereocenters. The Morgan fingerprint density at radius 2 is 2.41 bits per heavy atom. The predicted octanol–water partition coefficient (Wildman–Crippen LogP) is 3.61. The number of pyridine rings is 1. The minimum atomic E-state index is 0.623. The maximum atomic E-state index is 6.10. The molecule has 94 valence electrons. The standard InChI is InChI=1S/C13H19ClN2S/c1-2-7-15-12(10-5-6-10)9-17-13-11(14)4-3-8-16-13/h3-4,8,10,12,15H,2,5-7,9H2,1H3. The van der Waals surface area contributed by atoms with Gasteiger partial charge in [0.15, 0.2) is 0 Å². The maximum Gasteiger partial charge on any atom is 0.115 e. The lowest BCUT2D eigenvalue weighted by Gasteiger charge is -2.17. The Hall–Kier alpha value is -0.250. The van der Waals surface area contributed by atoms with Crippen molar-refractivity contribution < 1.29 is 0 Å². The number of hydrogen-bond acceptors (Lipinski definition) is 3. The molecule has 1 aliphatic carbocycles. The molecule has 0 amide bonds. The largest absolute Gasteiger partial charge is 0.313 e. The monoisotopic (exact) mass is 270 g/mol. The highest BCUT2D eigenvalue weighted by Crippen LogP contribution is 2.35. The summed E-state index contributed by atoms with van der Waals surface area (Å²) in [5.74, 6) is 1.94. The molecule has 1 saturated carbocycles. The zero-order valence-corrected chi connectivity index (χ0v) is 11.7. The first kappa shape index (κ1) is 13.2. The minimum Gasteiger partial charge on any atom is -0.313 e. The third-order valence-electron chi connectivity index (χ3n) is 2.97. The highest BCUT2D eigenvalue weighted by atomic mass is 35.5. The van der Waals surface area contributed by atoms with Crippen LogP contribution in [0.3, 0.4) is 0 Å². The summed E-state index contributed by atoms with van der Waals surface area (Å²) in [6.45, 7) is 3.32. The van der Waals surface area contributed by atoms with Gasteiger partial charge >= 0.3 is 0 Å². The van der Waals surface area contributed by atoms with Crippen LogP contribution in [0.4, 0.5) is 0 Å². The molecular weight excluding hydrogens is 252 g/mol. The first-order chi connectivity index (χ1) is 8.31. The van der Waals surface area contributed by atoms with Crippen molar-refractivity contribution in [1.82, 2.24) is 10.3 Å². The predicted molar refractivity (Wildman–Crippen MR) is 74.8 cm³/mol. The van der Waals surface area contributed by atoms with Crippen LogP contribution in [0.15, 0.2) is 23.4 Å². The van der Waals surface area contributed by atoms with Gasteiger partial charge in [0, 0.05) is 18.0 Å². The van der Waals surface area contributed by atoms with E-state index < -0.39 is 0 Å². The molecule has 0 aliphatic heterocycles. The van der Waals surface area contributed by atoms with Crippen LogP contribution in [-0.4, -0.2) is 23.3 Å². The molecule has 2 nitrogen and oxygen atoms in total. The summed E-state index contributed by atoms with van der Waals surface area (Å²) < 4.78 is 0. The van der Waals surface area contributed by atoms with E-state index in [4.69, 9.17) is 11.6 Å². The maximum absolute atomic E-state index is 6.10. The smallest absolute Gasteiger partial charge is 0.115 e. The van der Waals surface area contributed by atoms with E-state index in [1.807, 2.05) is 12.1 Å². The van der Waals surface area contributed by atoms with Crippen molar-refractivity contribution in [3.63, 3.8) is 0 Å². The number of nitrogens with zero attached hydrogens (tertiary/aromatic N) is 1. The molecule has 4 heteroatoms. The topological polar surface area (TPSA) is 24.9 Å². The fourth-order valence-corrected chi connectivity index (χ4v) is 3.19. The van der Waals surface area contributed by atoms with E-state index in [0.29, 0.717) is 6.04 Å². The summed E-state index contributed by atoms with van der Waals surface area (Å²) in [7, 11) is 0. The molecule has 0 aromatic carbocycles. The Bertz CT molecular complexity index is 355. The molecule has 0 bridgehead atoms. The van der Waals surface area contributed by atoms with Gasteiger partial charge in [-0.1, -0.05) is 18.5 Å². The zero-order valence-electron chi connectivity index (χ0n) is 10.2. The van der Waals surface area contributed by atoms with Crippen LogP contribution >= 0.6 is 23.4 Å². The second-order valence-electron chi connectivity index (χ2n) is 4.50. The van der Waals surface area contributed by atoms with Gasteiger partial charge in [0.1, 0.15) is 5.03 Å². The van der Waals surface area contributed by atoms with E-state index in [0.717, 1.165) is 28.3 Å². The minimum absolute atomic E-state index is 0.623. The molecule has 1 aromatic heterocycles. The number of rotatable bonds is 7. The van der Waals surface area contributed by atoms with Crippen LogP contribution in [0, 0.1) is 5.92 Å². The van der Waals surface area contributed by atoms with Gasteiger partial charge in [0.25, 0.3) is 0 Å². The molecule has 1 N–H and O–H groups in total. The van der Waals surface area contributed by atoms with Crippen molar-refractivity contribution in [2.24, 2.45) is 5.92 Å². The quantitative estimate of drug-likeness (QED) is 0.767. The Kier molecular flexibility index (Phi) is 5.14. The number of halogens is 1. The Labute approximate surface area is 113 Å². The van der Waals surface area contributed by atoms with Crippen molar-refractivity contribution in [2.45, 2.75) is 37.3 Å². The van der Waals surface area contributed by atoms with E-state index in [1.165, 1.54) is 19.3 Å². The lowest BCUT2D eigenvalue weighted by atomic mass is 10.2. The van der Waals surface area contributed by atoms with Gasteiger partial charge in [-0.25, -0.2) is 4.98 Å². The van der Waals surface area contributed by atoms with Gasteiger partial charge in [-0.3, -0.25) is 0 Å². The number of thioether (sulfide) groups is 1. The second-order valence-corrected chi connectivity index (χ2v) is 5.92. The first-order valence-corrected chi connectivity index (χ1v) is 7.64. The SMILES string of the molecule is CCCNC(CSc1ncccc1Cl)C1CC1. The molecule has 1 aromatic rings. The molecule has 0 saturated heterocycles. The van der Waals surface area contributed by atoms with Crippen LogP contribution in [0.25, 0.3) is 0 Å². The van der Waals surface area contributed by atoms with Crippen molar-refractivity contribution in [2.75, 3.05) is 12.3 Å². The van der Waals surface area contributed by atoms with Crippen LogP contribution in [-0.2, 0) is 0 Å². The van der Waals surface area contributed by atoms with Crippen molar-refractivity contribution in [3.05, 3.63) is 23.4 Å². The van der Waals surface area contributed by atoms with Gasteiger partial charge in [-0.2, -0.15) is 0 Å². The second kappa shape index (κ2) is 6.62. The van der Waals surface area contributed by atoms with Crippen molar-refractivity contribution >= 4 is 23.4 Å². The van der Waals surface area contributed by atoms with Crippen molar-refractivity contribution in [1.29, 1.82) is 0 Å². The number of aromatic nitrogens is 1. The van der Waals surface area contributed by atoms with Gasteiger partial charge in [0.2, 0.25) is 0 Å². The van der Waals surface area contributed by atoms with Gasteiger partial charge in [-0.05, 0) is 43.9 Å². The summed E-state index contributed by atoms with van der Waals surface area (Å²) in [6, 6.07) is 4.40. The molecule has 0 radical (unpaired) electrons. The molecule has 17 heavy (non-hydrogen) atoms.